The number of hydrogen-bond donors (Lipinski definition) is 0. The lowest BCUT2D eigenvalue weighted by Gasteiger charge is -2.09. The number of aromatic nitrogens is 3. The molecule has 0 N–H and O–H groups in total. The lowest BCUT2D eigenvalue weighted by molar-refractivity contribution is -0.661. The van der Waals surface area contributed by atoms with Crippen molar-refractivity contribution in [1.82, 2.24) is 9.78 Å². The number of hydrogen-bond acceptors (Lipinski definition) is 2. The first kappa shape index (κ1) is 13.7. The molecule has 1 aromatic carbocycles. The molecule has 0 aliphatic rings. The summed E-state index contributed by atoms with van der Waals surface area (Å²) in [4.78, 5) is 0. The normalized spacial score (nSPS) is 11.7. The molecule has 0 unspecified atom stereocenters. The van der Waals surface area contributed by atoms with Gasteiger partial charge in [-0.1, -0.05) is 11.6 Å². The van der Waals surface area contributed by atoms with Gasteiger partial charge in [0.1, 0.15) is 5.75 Å². The average Bonchev–Trinajstić information content (AvgIpc) is 2.54. The average molecular weight is 293 g/mol. The molecule has 102 valence electrons. The summed E-state index contributed by atoms with van der Waals surface area (Å²) < 4.78 is 43.7. The Bertz CT molecular complexity index is 610. The fraction of sp³-hybridized carbons (Fsp3) is 0.273. The molecule has 1 aromatic heterocycles. The van der Waals surface area contributed by atoms with Crippen molar-refractivity contribution < 1.29 is 22.5 Å². The van der Waals surface area contributed by atoms with E-state index in [-0.39, 0.29) is 10.8 Å². The molecule has 2 aromatic rings. The van der Waals surface area contributed by atoms with Crippen LogP contribution < -0.4 is 9.30 Å². The van der Waals surface area contributed by atoms with Crippen LogP contribution >= 0.6 is 11.6 Å². The van der Waals surface area contributed by atoms with Gasteiger partial charge in [-0.15, -0.1) is 17.9 Å². The predicted octanol–water partition coefficient (Wildman–Crippen LogP) is 2.46. The lowest BCUT2D eigenvalue weighted by atomic mass is 10.2. The molecule has 0 fully saturated rings. The van der Waals surface area contributed by atoms with Crippen molar-refractivity contribution in [2.24, 2.45) is 14.1 Å². The lowest BCUT2D eigenvalue weighted by Crippen LogP contribution is -2.28. The maximum atomic E-state index is 12.2. The Morgan fingerprint density at radius 1 is 1.32 bits per heavy atom. The summed E-state index contributed by atoms with van der Waals surface area (Å²) in [5.74, 6) is 0.109. The van der Waals surface area contributed by atoms with Crippen LogP contribution in [0.1, 0.15) is 0 Å². The Hall–Kier alpha value is -1.76. The van der Waals surface area contributed by atoms with Gasteiger partial charge in [0.15, 0.2) is 0 Å². The van der Waals surface area contributed by atoms with Crippen molar-refractivity contribution in [1.29, 1.82) is 0 Å². The summed E-state index contributed by atoms with van der Waals surface area (Å²) in [6.07, 6.45) is -3.07. The highest BCUT2D eigenvalue weighted by Crippen LogP contribution is 2.29. The number of halogens is 4. The van der Waals surface area contributed by atoms with Gasteiger partial charge in [0.2, 0.25) is 6.33 Å². The molecular weight excluding hydrogens is 283 g/mol. The van der Waals surface area contributed by atoms with E-state index in [4.69, 9.17) is 11.6 Å². The van der Waals surface area contributed by atoms with Gasteiger partial charge in [-0.05, 0) is 18.2 Å². The Balaban J connectivity index is 2.45. The Kier molecular flexibility index (Phi) is 3.40. The van der Waals surface area contributed by atoms with E-state index in [1.807, 2.05) is 0 Å². The van der Waals surface area contributed by atoms with Crippen LogP contribution in [-0.2, 0) is 14.1 Å². The second-order valence-electron chi connectivity index (χ2n) is 3.95. The molecule has 0 aliphatic carbocycles. The van der Waals surface area contributed by atoms with Gasteiger partial charge in [-0.2, -0.15) is 0 Å². The first-order valence-electron chi connectivity index (χ1n) is 5.20. The summed E-state index contributed by atoms with van der Waals surface area (Å²) >= 11 is 5.80. The molecule has 0 bridgehead atoms. The Morgan fingerprint density at radius 2 is 2.00 bits per heavy atom. The summed E-state index contributed by atoms with van der Waals surface area (Å²) in [6.45, 7) is 0. The minimum Gasteiger partial charge on any atom is -0.406 e. The molecule has 4 nitrogen and oxygen atoms in total. The summed E-state index contributed by atoms with van der Waals surface area (Å²) in [7, 11) is 3.44. The molecule has 0 aliphatic heterocycles. The zero-order chi connectivity index (χ0) is 14.2. The van der Waals surface area contributed by atoms with Crippen LogP contribution in [0.2, 0.25) is 5.02 Å². The number of nitrogens with zero attached hydrogens (tertiary/aromatic N) is 3. The van der Waals surface area contributed by atoms with Gasteiger partial charge in [-0.3, -0.25) is 0 Å². The molecule has 19 heavy (non-hydrogen) atoms. The maximum Gasteiger partial charge on any atom is 0.573 e. The van der Waals surface area contributed by atoms with Crippen LogP contribution in [0.4, 0.5) is 13.2 Å². The van der Waals surface area contributed by atoms with E-state index >= 15 is 0 Å². The minimum absolute atomic E-state index is 0.141. The van der Waals surface area contributed by atoms with Gasteiger partial charge < -0.3 is 4.74 Å². The molecule has 0 spiro atoms. The zero-order valence-corrected chi connectivity index (χ0v) is 10.8. The first-order chi connectivity index (χ1) is 8.74. The number of aryl methyl sites for hydroxylation is 2. The van der Waals surface area contributed by atoms with Crippen LogP contribution in [0, 0.1) is 0 Å². The smallest absolute Gasteiger partial charge is 0.406 e. The predicted molar refractivity (Wildman–Crippen MR) is 61.5 cm³/mol. The third kappa shape index (κ3) is 3.37. The molecule has 8 heteroatoms. The largest absolute Gasteiger partial charge is 0.573 e. The topological polar surface area (TPSA) is 30.9 Å². The van der Waals surface area contributed by atoms with E-state index in [1.54, 1.807) is 29.7 Å². The number of benzene rings is 1. The first-order valence-corrected chi connectivity index (χ1v) is 5.58. The SMILES string of the molecule is Cn1c[n+](C)c(-c2cc(Cl)cc(OC(F)(F)F)c2)n1. The van der Waals surface area contributed by atoms with Crippen LogP contribution in [0.25, 0.3) is 11.4 Å². The summed E-state index contributed by atoms with van der Waals surface area (Å²) in [6, 6.07) is 3.86. The summed E-state index contributed by atoms with van der Waals surface area (Å²) in [5.41, 5.74) is 0.440. The molecule has 0 atom stereocenters. The van der Waals surface area contributed by atoms with Crippen molar-refractivity contribution in [3.63, 3.8) is 0 Å². The van der Waals surface area contributed by atoms with E-state index in [9.17, 15) is 13.2 Å². The third-order valence-electron chi connectivity index (χ3n) is 2.29. The molecule has 1 heterocycles. The maximum absolute atomic E-state index is 12.2. The van der Waals surface area contributed by atoms with E-state index in [0.29, 0.717) is 11.4 Å². The van der Waals surface area contributed by atoms with E-state index in [1.165, 1.54) is 12.1 Å². The van der Waals surface area contributed by atoms with Crippen LogP contribution in [-0.4, -0.2) is 16.1 Å². The number of rotatable bonds is 2. The molecule has 0 saturated heterocycles. The highest BCUT2D eigenvalue weighted by molar-refractivity contribution is 6.31. The molecule has 0 amide bonds. The monoisotopic (exact) mass is 292 g/mol. The van der Waals surface area contributed by atoms with Crippen molar-refractivity contribution in [3.8, 4) is 17.1 Å². The van der Waals surface area contributed by atoms with Crippen molar-refractivity contribution >= 4 is 11.6 Å². The molecule has 2 rings (SSSR count). The van der Waals surface area contributed by atoms with E-state index in [2.05, 4.69) is 9.84 Å². The van der Waals surface area contributed by atoms with Crippen LogP contribution in [0.15, 0.2) is 24.5 Å². The third-order valence-corrected chi connectivity index (χ3v) is 2.51. The van der Waals surface area contributed by atoms with Gasteiger partial charge in [0.25, 0.3) is 0 Å². The Labute approximate surface area is 112 Å². The van der Waals surface area contributed by atoms with Crippen molar-refractivity contribution in [3.05, 3.63) is 29.5 Å². The standard InChI is InChI=1S/C11H10ClF3N3O/c1-17-6-18(2)16-10(17)7-3-8(12)5-9(4-7)19-11(13,14)15/h3-6H,1-2H3/q+1. The highest BCUT2D eigenvalue weighted by atomic mass is 35.5. The highest BCUT2D eigenvalue weighted by Gasteiger charge is 2.31. The van der Waals surface area contributed by atoms with Crippen LogP contribution in [0.5, 0.6) is 5.75 Å². The van der Waals surface area contributed by atoms with Gasteiger partial charge in [0, 0.05) is 10.1 Å². The van der Waals surface area contributed by atoms with Crippen molar-refractivity contribution in [2.75, 3.05) is 0 Å². The van der Waals surface area contributed by atoms with Crippen LogP contribution in [0.3, 0.4) is 0 Å². The minimum atomic E-state index is -4.76. The van der Waals surface area contributed by atoms with Gasteiger partial charge in [-0.25, -0.2) is 4.57 Å². The second-order valence-corrected chi connectivity index (χ2v) is 4.38. The van der Waals surface area contributed by atoms with E-state index in [0.717, 1.165) is 6.07 Å². The van der Waals surface area contributed by atoms with E-state index < -0.39 is 6.36 Å². The number of ether oxygens (including phenoxy) is 1. The van der Waals surface area contributed by atoms with Gasteiger partial charge >= 0.3 is 12.2 Å². The van der Waals surface area contributed by atoms with Crippen molar-refractivity contribution in [2.45, 2.75) is 6.36 Å². The quantitative estimate of drug-likeness (QED) is 0.796. The fourth-order valence-corrected chi connectivity index (χ4v) is 1.92. The molecule has 0 radical (unpaired) electrons. The zero-order valence-electron chi connectivity index (χ0n) is 10.1. The Morgan fingerprint density at radius 3 is 2.53 bits per heavy atom. The molecular formula is C11H10ClF3N3O+. The second kappa shape index (κ2) is 4.73. The van der Waals surface area contributed by atoms with Gasteiger partial charge in [0.05, 0.1) is 19.7 Å². The summed E-state index contributed by atoms with van der Waals surface area (Å²) in [5, 5.41) is 4.28. The molecule has 0 saturated carbocycles. The fourth-order valence-electron chi connectivity index (χ4n) is 1.70. The number of alkyl halides is 3.